The molecule has 6 heteroatoms. The Labute approximate surface area is 242 Å². The standard InChI is InChI=1S/C35H41F3O3/c1-3-5-7-8-9-11-21-39-32-20-19-29(33(37)34(32)38)27-15-13-26(14-16-27)28-17-18-30(31(36)22-28)35-40-23-25(24-41-35)12-10-6-4-2/h4,6,13-20,22,25,35H,3,5,7-12,21,23-24H2,1-2H3/b6-4+. The number of hydrogen-bond acceptors (Lipinski definition) is 3. The average molecular weight is 567 g/mol. The van der Waals surface area contributed by atoms with Crippen LogP contribution < -0.4 is 4.74 Å². The zero-order chi connectivity index (χ0) is 29.0. The summed E-state index contributed by atoms with van der Waals surface area (Å²) in [4.78, 5) is 0. The highest BCUT2D eigenvalue weighted by atomic mass is 19.2. The summed E-state index contributed by atoms with van der Waals surface area (Å²) in [6.07, 6.45) is 11.9. The first-order valence-corrected chi connectivity index (χ1v) is 14.9. The quantitative estimate of drug-likeness (QED) is 0.144. The highest BCUT2D eigenvalue weighted by molar-refractivity contribution is 5.71. The molecule has 1 heterocycles. The topological polar surface area (TPSA) is 27.7 Å². The number of halogens is 3. The minimum absolute atomic E-state index is 0.0675. The van der Waals surface area contributed by atoms with Crippen LogP contribution >= 0.6 is 0 Å². The summed E-state index contributed by atoms with van der Waals surface area (Å²) >= 11 is 0. The number of hydrogen-bond donors (Lipinski definition) is 0. The lowest BCUT2D eigenvalue weighted by Gasteiger charge is -2.29. The van der Waals surface area contributed by atoms with Crippen LogP contribution in [0.15, 0.2) is 66.7 Å². The number of allylic oxidation sites excluding steroid dienone is 2. The zero-order valence-electron chi connectivity index (χ0n) is 24.1. The summed E-state index contributed by atoms with van der Waals surface area (Å²) in [6.45, 7) is 5.60. The Kier molecular flexibility index (Phi) is 11.9. The molecule has 3 aromatic carbocycles. The predicted molar refractivity (Wildman–Crippen MR) is 158 cm³/mol. The molecule has 1 aliphatic heterocycles. The fourth-order valence-electron chi connectivity index (χ4n) is 5.06. The van der Waals surface area contributed by atoms with E-state index in [4.69, 9.17) is 14.2 Å². The van der Waals surface area contributed by atoms with E-state index in [1.807, 2.05) is 19.1 Å². The molecule has 0 saturated carbocycles. The first-order chi connectivity index (χ1) is 20.0. The van der Waals surface area contributed by atoms with Gasteiger partial charge in [0.2, 0.25) is 5.82 Å². The van der Waals surface area contributed by atoms with Crippen LogP contribution in [0.25, 0.3) is 22.3 Å². The first kappa shape index (κ1) is 30.9. The van der Waals surface area contributed by atoms with E-state index in [0.29, 0.717) is 42.4 Å². The second-order valence-corrected chi connectivity index (χ2v) is 10.7. The van der Waals surface area contributed by atoms with Crippen molar-refractivity contribution in [3.05, 3.63) is 89.8 Å². The fraction of sp³-hybridized carbons (Fsp3) is 0.429. The third-order valence-corrected chi connectivity index (χ3v) is 7.53. The van der Waals surface area contributed by atoms with Crippen LogP contribution in [0.3, 0.4) is 0 Å². The Morgan fingerprint density at radius 2 is 1.49 bits per heavy atom. The van der Waals surface area contributed by atoms with Crippen molar-refractivity contribution in [1.82, 2.24) is 0 Å². The van der Waals surface area contributed by atoms with Crippen molar-refractivity contribution >= 4 is 0 Å². The van der Waals surface area contributed by atoms with Crippen molar-refractivity contribution in [3.8, 4) is 28.0 Å². The maximum atomic E-state index is 15.1. The molecular formula is C35H41F3O3. The molecule has 0 bridgehead atoms. The van der Waals surface area contributed by atoms with E-state index in [2.05, 4.69) is 13.0 Å². The van der Waals surface area contributed by atoms with Crippen LogP contribution in [0.1, 0.15) is 77.1 Å². The van der Waals surface area contributed by atoms with Gasteiger partial charge >= 0.3 is 0 Å². The first-order valence-electron chi connectivity index (χ1n) is 14.9. The number of ether oxygens (including phenoxy) is 3. The SMILES string of the molecule is C/C=C/CCC1COC(c2ccc(-c3ccc(-c4ccc(OCCCCCCCC)c(F)c4F)cc3)cc2F)OC1. The average Bonchev–Trinajstić information content (AvgIpc) is 2.99. The van der Waals surface area contributed by atoms with Crippen molar-refractivity contribution in [1.29, 1.82) is 0 Å². The molecule has 1 saturated heterocycles. The number of rotatable bonds is 14. The van der Waals surface area contributed by atoms with Crippen molar-refractivity contribution in [2.75, 3.05) is 19.8 Å². The van der Waals surface area contributed by atoms with Crippen molar-refractivity contribution in [2.24, 2.45) is 5.92 Å². The molecule has 4 rings (SSSR count). The van der Waals surface area contributed by atoms with Gasteiger partial charge in [0.15, 0.2) is 17.9 Å². The minimum Gasteiger partial charge on any atom is -0.490 e. The van der Waals surface area contributed by atoms with Crippen LogP contribution in [0, 0.1) is 23.4 Å². The summed E-state index contributed by atoms with van der Waals surface area (Å²) in [7, 11) is 0. The normalized spacial score (nSPS) is 17.3. The Bertz CT molecular complexity index is 1260. The van der Waals surface area contributed by atoms with E-state index in [1.165, 1.54) is 37.5 Å². The molecule has 0 radical (unpaired) electrons. The summed E-state index contributed by atoms with van der Waals surface area (Å²) in [5.74, 6) is -2.09. The summed E-state index contributed by atoms with van der Waals surface area (Å²) < 4.78 is 61.8. The molecule has 1 aliphatic rings. The van der Waals surface area contributed by atoms with E-state index in [-0.39, 0.29) is 11.3 Å². The van der Waals surface area contributed by atoms with Gasteiger partial charge in [0.1, 0.15) is 5.82 Å². The van der Waals surface area contributed by atoms with Crippen LogP contribution in [0.5, 0.6) is 5.75 Å². The fourth-order valence-corrected chi connectivity index (χ4v) is 5.06. The summed E-state index contributed by atoms with van der Waals surface area (Å²) in [5.41, 5.74) is 2.47. The van der Waals surface area contributed by atoms with E-state index in [0.717, 1.165) is 37.7 Å². The van der Waals surface area contributed by atoms with Gasteiger partial charge in [-0.2, -0.15) is 4.39 Å². The van der Waals surface area contributed by atoms with Crippen LogP contribution in [0.4, 0.5) is 13.2 Å². The Balaban J connectivity index is 1.35. The molecule has 0 atom stereocenters. The monoisotopic (exact) mass is 566 g/mol. The van der Waals surface area contributed by atoms with E-state index in [1.54, 1.807) is 30.3 Å². The molecular weight excluding hydrogens is 525 g/mol. The Hall–Kier alpha value is -3.09. The molecule has 41 heavy (non-hydrogen) atoms. The molecule has 3 aromatic rings. The van der Waals surface area contributed by atoms with Crippen molar-refractivity contribution in [2.45, 2.75) is 71.5 Å². The summed E-state index contributed by atoms with van der Waals surface area (Å²) in [6, 6.07) is 14.9. The van der Waals surface area contributed by atoms with E-state index < -0.39 is 23.7 Å². The lowest BCUT2D eigenvalue weighted by Crippen LogP contribution is -2.27. The minimum atomic E-state index is -0.980. The van der Waals surface area contributed by atoms with Gasteiger partial charge in [-0.3, -0.25) is 0 Å². The molecule has 0 aliphatic carbocycles. The van der Waals surface area contributed by atoms with Gasteiger partial charge in [0.05, 0.1) is 19.8 Å². The predicted octanol–water partition coefficient (Wildman–Crippen LogP) is 10.2. The lowest BCUT2D eigenvalue weighted by molar-refractivity contribution is -0.207. The van der Waals surface area contributed by atoms with Crippen LogP contribution in [-0.2, 0) is 9.47 Å². The van der Waals surface area contributed by atoms with Crippen molar-refractivity contribution < 1.29 is 27.4 Å². The molecule has 1 fully saturated rings. The molecule has 0 spiro atoms. The molecule has 3 nitrogen and oxygen atoms in total. The maximum Gasteiger partial charge on any atom is 0.201 e. The third kappa shape index (κ3) is 8.46. The third-order valence-electron chi connectivity index (χ3n) is 7.53. The smallest absolute Gasteiger partial charge is 0.201 e. The highest BCUT2D eigenvalue weighted by Gasteiger charge is 2.25. The van der Waals surface area contributed by atoms with Gasteiger partial charge in [0.25, 0.3) is 0 Å². The van der Waals surface area contributed by atoms with Crippen LogP contribution in [-0.4, -0.2) is 19.8 Å². The van der Waals surface area contributed by atoms with Crippen molar-refractivity contribution in [3.63, 3.8) is 0 Å². The molecule has 0 aromatic heterocycles. The van der Waals surface area contributed by atoms with Gasteiger partial charge in [-0.05, 0) is 61.1 Å². The van der Waals surface area contributed by atoms with E-state index >= 15 is 4.39 Å². The molecule has 0 N–H and O–H groups in total. The lowest BCUT2D eigenvalue weighted by atomic mass is 9.98. The second-order valence-electron chi connectivity index (χ2n) is 10.7. The summed E-state index contributed by atoms with van der Waals surface area (Å²) in [5, 5.41) is 0. The zero-order valence-corrected chi connectivity index (χ0v) is 24.1. The Morgan fingerprint density at radius 1 is 0.805 bits per heavy atom. The Morgan fingerprint density at radius 3 is 2.20 bits per heavy atom. The van der Waals surface area contributed by atoms with E-state index in [9.17, 15) is 8.78 Å². The molecule has 0 unspecified atom stereocenters. The largest absolute Gasteiger partial charge is 0.490 e. The maximum absolute atomic E-state index is 15.1. The highest BCUT2D eigenvalue weighted by Crippen LogP contribution is 2.34. The van der Waals surface area contributed by atoms with Gasteiger partial charge in [-0.1, -0.05) is 87.6 Å². The molecule has 220 valence electrons. The van der Waals surface area contributed by atoms with Crippen LogP contribution in [0.2, 0.25) is 0 Å². The molecule has 0 amide bonds. The van der Waals surface area contributed by atoms with Gasteiger partial charge in [-0.25, -0.2) is 8.78 Å². The van der Waals surface area contributed by atoms with Gasteiger partial charge in [-0.15, -0.1) is 0 Å². The van der Waals surface area contributed by atoms with Gasteiger partial charge < -0.3 is 14.2 Å². The number of benzene rings is 3. The van der Waals surface area contributed by atoms with Gasteiger partial charge in [0, 0.05) is 17.0 Å². The number of unbranched alkanes of at least 4 members (excludes halogenated alkanes) is 5. The second kappa shape index (κ2) is 15.8.